The fraction of sp³-hybridized carbons (Fsp3) is 0.588. The van der Waals surface area contributed by atoms with Crippen LogP contribution in [0.1, 0.15) is 13.3 Å². The molecule has 2 heterocycles. The van der Waals surface area contributed by atoms with Gasteiger partial charge in [-0.2, -0.15) is 0 Å². The smallest absolute Gasteiger partial charge is 0.329 e. The molecule has 0 saturated carbocycles. The molecule has 1 atom stereocenters. The summed E-state index contributed by atoms with van der Waals surface area (Å²) in [6, 6.07) is 7.80. The Balaban J connectivity index is 1.81. The van der Waals surface area contributed by atoms with Gasteiger partial charge >= 0.3 is 5.69 Å². The van der Waals surface area contributed by atoms with E-state index in [0.717, 1.165) is 30.5 Å². The lowest BCUT2D eigenvalue weighted by molar-refractivity contribution is 0.0115. The highest BCUT2D eigenvalue weighted by atomic mass is 16.5. The van der Waals surface area contributed by atoms with E-state index >= 15 is 0 Å². The van der Waals surface area contributed by atoms with E-state index in [9.17, 15) is 9.90 Å². The van der Waals surface area contributed by atoms with E-state index < -0.39 is 6.10 Å². The van der Waals surface area contributed by atoms with Crippen molar-refractivity contribution in [3.63, 3.8) is 0 Å². The van der Waals surface area contributed by atoms with Crippen molar-refractivity contribution >= 4 is 11.0 Å². The van der Waals surface area contributed by atoms with Gasteiger partial charge in [-0.05, 0) is 18.6 Å². The van der Waals surface area contributed by atoms with Gasteiger partial charge in [0.2, 0.25) is 0 Å². The van der Waals surface area contributed by atoms with Crippen LogP contribution in [0.4, 0.5) is 0 Å². The summed E-state index contributed by atoms with van der Waals surface area (Å²) in [7, 11) is 0. The minimum atomic E-state index is -0.563. The number of hydrogen-bond donors (Lipinski definition) is 1. The molecular formula is C17H25N3O3. The normalized spacial score (nSPS) is 17.7. The van der Waals surface area contributed by atoms with E-state index in [0.29, 0.717) is 32.8 Å². The highest BCUT2D eigenvalue weighted by Crippen LogP contribution is 2.14. The predicted octanol–water partition coefficient (Wildman–Crippen LogP) is 0.906. The molecule has 0 bridgehead atoms. The number of morpholine rings is 1. The number of para-hydroxylation sites is 2. The Hall–Kier alpha value is -1.63. The van der Waals surface area contributed by atoms with Gasteiger partial charge in [0.05, 0.1) is 36.9 Å². The molecule has 1 aliphatic rings. The molecule has 3 rings (SSSR count). The Morgan fingerprint density at radius 2 is 1.78 bits per heavy atom. The van der Waals surface area contributed by atoms with Gasteiger partial charge in [-0.15, -0.1) is 0 Å². The van der Waals surface area contributed by atoms with Crippen molar-refractivity contribution in [2.45, 2.75) is 32.5 Å². The molecule has 0 radical (unpaired) electrons. The molecule has 1 saturated heterocycles. The van der Waals surface area contributed by atoms with E-state index in [2.05, 4.69) is 11.8 Å². The van der Waals surface area contributed by atoms with E-state index in [1.807, 2.05) is 24.3 Å². The highest BCUT2D eigenvalue weighted by molar-refractivity contribution is 5.75. The number of rotatable bonds is 6. The Morgan fingerprint density at radius 3 is 2.43 bits per heavy atom. The number of aliphatic hydroxyl groups excluding tert-OH is 1. The number of hydrogen-bond acceptors (Lipinski definition) is 4. The van der Waals surface area contributed by atoms with Crippen LogP contribution >= 0.6 is 0 Å². The minimum Gasteiger partial charge on any atom is -0.390 e. The molecule has 0 aliphatic carbocycles. The average molecular weight is 319 g/mol. The fourth-order valence-electron chi connectivity index (χ4n) is 3.24. The van der Waals surface area contributed by atoms with Crippen molar-refractivity contribution in [1.82, 2.24) is 14.0 Å². The molecule has 0 amide bonds. The lowest BCUT2D eigenvalue weighted by Gasteiger charge is -2.28. The van der Waals surface area contributed by atoms with Crippen molar-refractivity contribution in [3.05, 3.63) is 34.7 Å². The molecule has 1 aromatic carbocycles. The van der Waals surface area contributed by atoms with Crippen LogP contribution in [0.2, 0.25) is 0 Å². The van der Waals surface area contributed by atoms with Crippen LogP contribution in [-0.4, -0.2) is 58.1 Å². The van der Waals surface area contributed by atoms with Gasteiger partial charge in [0, 0.05) is 26.2 Å². The maximum atomic E-state index is 12.7. The molecule has 1 N–H and O–H groups in total. The number of benzene rings is 1. The number of aryl methyl sites for hydroxylation is 1. The number of ether oxygens (including phenoxy) is 1. The van der Waals surface area contributed by atoms with Gasteiger partial charge in [0.1, 0.15) is 0 Å². The first-order chi connectivity index (χ1) is 11.2. The zero-order chi connectivity index (χ0) is 16.2. The summed E-state index contributed by atoms with van der Waals surface area (Å²) >= 11 is 0. The number of aliphatic hydroxyl groups is 1. The third-order valence-electron chi connectivity index (χ3n) is 4.34. The SMILES string of the molecule is CCCn1c(=O)n(C[C@@H](O)CN2CCOCC2)c2ccccc21. The maximum Gasteiger partial charge on any atom is 0.329 e. The molecule has 6 nitrogen and oxygen atoms in total. The summed E-state index contributed by atoms with van der Waals surface area (Å²) in [6.45, 7) is 6.76. The van der Waals surface area contributed by atoms with Crippen LogP contribution in [-0.2, 0) is 17.8 Å². The molecule has 126 valence electrons. The largest absolute Gasteiger partial charge is 0.390 e. The second kappa shape index (κ2) is 7.29. The molecule has 0 unspecified atom stereocenters. The third kappa shape index (κ3) is 3.49. The number of aromatic nitrogens is 2. The molecule has 1 aromatic heterocycles. The summed E-state index contributed by atoms with van der Waals surface area (Å²) in [6.07, 6.45) is 0.344. The van der Waals surface area contributed by atoms with Crippen LogP contribution in [0.15, 0.2) is 29.1 Å². The zero-order valence-electron chi connectivity index (χ0n) is 13.6. The van der Waals surface area contributed by atoms with Crippen LogP contribution < -0.4 is 5.69 Å². The van der Waals surface area contributed by atoms with Gasteiger partial charge in [-0.3, -0.25) is 14.0 Å². The standard InChI is InChI=1S/C17H25N3O3/c1-2-7-19-15-5-3-4-6-16(15)20(17(19)22)13-14(21)12-18-8-10-23-11-9-18/h3-6,14,21H,2,7-13H2,1H3/t14-/m0/s1. The quantitative estimate of drug-likeness (QED) is 0.860. The van der Waals surface area contributed by atoms with Crippen LogP contribution in [0.25, 0.3) is 11.0 Å². The first-order valence-electron chi connectivity index (χ1n) is 8.37. The van der Waals surface area contributed by atoms with Crippen LogP contribution in [0, 0.1) is 0 Å². The first kappa shape index (κ1) is 16.2. The van der Waals surface area contributed by atoms with Crippen LogP contribution in [0.3, 0.4) is 0 Å². The van der Waals surface area contributed by atoms with Crippen molar-refractivity contribution in [2.24, 2.45) is 0 Å². The Kier molecular flexibility index (Phi) is 5.15. The summed E-state index contributed by atoms with van der Waals surface area (Å²) in [5.41, 5.74) is 1.80. The summed E-state index contributed by atoms with van der Waals surface area (Å²) in [5.74, 6) is 0. The Morgan fingerprint density at radius 1 is 1.13 bits per heavy atom. The van der Waals surface area contributed by atoms with Gasteiger partial charge in [0.15, 0.2) is 0 Å². The third-order valence-corrected chi connectivity index (χ3v) is 4.34. The molecule has 0 spiro atoms. The highest BCUT2D eigenvalue weighted by Gasteiger charge is 2.18. The summed E-state index contributed by atoms with van der Waals surface area (Å²) < 4.78 is 8.83. The van der Waals surface area contributed by atoms with Gasteiger partial charge in [-0.1, -0.05) is 19.1 Å². The molecule has 1 fully saturated rings. The van der Waals surface area contributed by atoms with E-state index in [4.69, 9.17) is 4.74 Å². The van der Waals surface area contributed by atoms with Crippen molar-refractivity contribution in [3.8, 4) is 0 Å². The zero-order valence-corrected chi connectivity index (χ0v) is 13.6. The van der Waals surface area contributed by atoms with Gasteiger partial charge in [-0.25, -0.2) is 4.79 Å². The van der Waals surface area contributed by atoms with E-state index in [1.165, 1.54) is 0 Å². The van der Waals surface area contributed by atoms with Gasteiger partial charge in [0.25, 0.3) is 0 Å². The van der Waals surface area contributed by atoms with Gasteiger partial charge < -0.3 is 9.84 Å². The van der Waals surface area contributed by atoms with E-state index in [1.54, 1.807) is 9.13 Å². The Labute approximate surface area is 135 Å². The lowest BCUT2D eigenvalue weighted by atomic mass is 10.2. The topological polar surface area (TPSA) is 59.6 Å². The maximum absolute atomic E-state index is 12.7. The molecule has 23 heavy (non-hydrogen) atoms. The first-order valence-corrected chi connectivity index (χ1v) is 8.37. The molecular weight excluding hydrogens is 294 g/mol. The predicted molar refractivity (Wildman–Crippen MR) is 89.8 cm³/mol. The van der Waals surface area contributed by atoms with Crippen LogP contribution in [0.5, 0.6) is 0 Å². The Bertz CT molecular complexity index is 701. The number of fused-ring (bicyclic) bond motifs is 1. The van der Waals surface area contributed by atoms with Crippen molar-refractivity contribution in [2.75, 3.05) is 32.8 Å². The number of nitrogens with zero attached hydrogens (tertiary/aromatic N) is 3. The summed E-state index contributed by atoms with van der Waals surface area (Å²) in [5, 5.41) is 10.4. The van der Waals surface area contributed by atoms with Crippen molar-refractivity contribution in [1.29, 1.82) is 0 Å². The summed E-state index contributed by atoms with van der Waals surface area (Å²) in [4.78, 5) is 14.9. The fourth-order valence-corrected chi connectivity index (χ4v) is 3.24. The number of β-amino-alcohol motifs (C(OH)–C–C–N with tert-alkyl or cyclic N) is 1. The molecule has 6 heteroatoms. The second-order valence-electron chi connectivity index (χ2n) is 6.10. The minimum absolute atomic E-state index is 0.0333. The number of imidazole rings is 1. The van der Waals surface area contributed by atoms with Crippen molar-refractivity contribution < 1.29 is 9.84 Å². The molecule has 2 aromatic rings. The average Bonchev–Trinajstić information content (AvgIpc) is 2.82. The molecule has 1 aliphatic heterocycles. The monoisotopic (exact) mass is 319 g/mol. The van der Waals surface area contributed by atoms with E-state index in [-0.39, 0.29) is 5.69 Å². The second-order valence-corrected chi connectivity index (χ2v) is 6.10. The lowest BCUT2D eigenvalue weighted by Crippen LogP contribution is -2.42.